The highest BCUT2D eigenvalue weighted by Gasteiger charge is 2.48. The number of anilines is 1. The Kier molecular flexibility index (Phi) is 2.65. The van der Waals surface area contributed by atoms with E-state index in [9.17, 15) is 0 Å². The zero-order valence-corrected chi connectivity index (χ0v) is 11.0. The Bertz CT molecular complexity index is 376. The fraction of sp³-hybridized carbons (Fsp3) is 0.625. The van der Waals surface area contributed by atoms with Crippen LogP contribution in [-0.4, -0.2) is 13.1 Å². The van der Waals surface area contributed by atoms with Crippen molar-refractivity contribution in [2.75, 3.05) is 18.0 Å². The van der Waals surface area contributed by atoms with Crippen LogP contribution in [0.25, 0.3) is 0 Å². The van der Waals surface area contributed by atoms with E-state index in [1.807, 2.05) is 0 Å². The van der Waals surface area contributed by atoms with Gasteiger partial charge in [-0.25, -0.2) is 0 Å². The topological polar surface area (TPSA) is 3.24 Å². The third-order valence-electron chi connectivity index (χ3n) is 4.86. The largest absolute Gasteiger partial charge is 0.370 e. The second kappa shape index (κ2) is 4.04. The van der Waals surface area contributed by atoms with E-state index in [1.54, 1.807) is 0 Å². The van der Waals surface area contributed by atoms with Gasteiger partial charge in [-0.2, -0.15) is 0 Å². The molecular formula is C16H23N. The van der Waals surface area contributed by atoms with Crippen LogP contribution in [0, 0.1) is 17.3 Å². The van der Waals surface area contributed by atoms with Crippen LogP contribution in [0.1, 0.15) is 33.1 Å². The molecule has 0 amide bonds. The third-order valence-corrected chi connectivity index (χ3v) is 4.86. The minimum atomic E-state index is 0.671. The van der Waals surface area contributed by atoms with Crippen molar-refractivity contribution in [3.63, 3.8) is 0 Å². The summed E-state index contributed by atoms with van der Waals surface area (Å²) in [7, 11) is 0. The Labute approximate surface area is 105 Å². The molecule has 1 heterocycles. The first kappa shape index (κ1) is 11.1. The van der Waals surface area contributed by atoms with Crippen molar-refractivity contribution in [3.05, 3.63) is 30.3 Å². The molecule has 1 aliphatic heterocycles. The van der Waals surface area contributed by atoms with Gasteiger partial charge in [-0.1, -0.05) is 32.0 Å². The summed E-state index contributed by atoms with van der Waals surface area (Å²) in [4.78, 5) is 2.54. The molecule has 1 saturated carbocycles. The molecule has 1 nitrogen and oxygen atoms in total. The monoisotopic (exact) mass is 229 g/mol. The standard InChI is InChI=1S/C16H23N/c1-13(2)14-8-9-16(10-14)11-17(12-16)15-6-4-3-5-7-15/h3-7,13-14H,8-12H2,1-2H3. The van der Waals surface area contributed by atoms with Gasteiger partial charge in [0.05, 0.1) is 0 Å². The molecule has 1 unspecified atom stereocenters. The predicted octanol–water partition coefficient (Wildman–Crippen LogP) is 3.95. The van der Waals surface area contributed by atoms with E-state index >= 15 is 0 Å². The molecule has 1 aromatic carbocycles. The first-order valence-electron chi connectivity index (χ1n) is 6.99. The van der Waals surface area contributed by atoms with Crippen molar-refractivity contribution in [2.45, 2.75) is 33.1 Å². The number of hydrogen-bond acceptors (Lipinski definition) is 1. The average Bonchev–Trinajstić information content (AvgIpc) is 2.73. The first-order valence-corrected chi connectivity index (χ1v) is 6.99. The predicted molar refractivity (Wildman–Crippen MR) is 73.3 cm³/mol. The average molecular weight is 229 g/mol. The summed E-state index contributed by atoms with van der Waals surface area (Å²) >= 11 is 0. The van der Waals surface area contributed by atoms with Crippen LogP contribution in [-0.2, 0) is 0 Å². The summed E-state index contributed by atoms with van der Waals surface area (Å²) < 4.78 is 0. The van der Waals surface area contributed by atoms with E-state index in [0.29, 0.717) is 5.41 Å². The third kappa shape index (κ3) is 1.96. The van der Waals surface area contributed by atoms with Crippen molar-refractivity contribution >= 4 is 5.69 Å². The number of benzene rings is 1. The van der Waals surface area contributed by atoms with Crippen LogP contribution >= 0.6 is 0 Å². The maximum absolute atomic E-state index is 2.54. The van der Waals surface area contributed by atoms with Gasteiger partial charge in [0.2, 0.25) is 0 Å². The van der Waals surface area contributed by atoms with Gasteiger partial charge in [0.1, 0.15) is 0 Å². The van der Waals surface area contributed by atoms with Crippen molar-refractivity contribution in [1.82, 2.24) is 0 Å². The molecule has 1 spiro atoms. The van der Waals surface area contributed by atoms with Gasteiger partial charge in [0.15, 0.2) is 0 Å². The number of nitrogens with zero attached hydrogens (tertiary/aromatic N) is 1. The quantitative estimate of drug-likeness (QED) is 0.742. The number of para-hydroxylation sites is 1. The zero-order chi connectivity index (χ0) is 11.9. The van der Waals surface area contributed by atoms with E-state index in [0.717, 1.165) is 11.8 Å². The van der Waals surface area contributed by atoms with Crippen molar-refractivity contribution in [1.29, 1.82) is 0 Å². The molecule has 0 radical (unpaired) electrons. The molecule has 1 saturated heterocycles. The molecule has 2 fully saturated rings. The zero-order valence-electron chi connectivity index (χ0n) is 11.0. The molecule has 3 rings (SSSR count). The SMILES string of the molecule is CC(C)C1CCC2(C1)CN(c1ccccc1)C2. The summed E-state index contributed by atoms with van der Waals surface area (Å²) in [6, 6.07) is 10.9. The van der Waals surface area contributed by atoms with E-state index in [2.05, 4.69) is 49.1 Å². The highest BCUT2D eigenvalue weighted by molar-refractivity contribution is 5.49. The van der Waals surface area contributed by atoms with Crippen LogP contribution in [0.3, 0.4) is 0 Å². The summed E-state index contributed by atoms with van der Waals surface area (Å²) in [5.74, 6) is 1.85. The Morgan fingerprint density at radius 2 is 1.88 bits per heavy atom. The van der Waals surface area contributed by atoms with Crippen LogP contribution in [0.2, 0.25) is 0 Å². The van der Waals surface area contributed by atoms with Gasteiger partial charge >= 0.3 is 0 Å². The van der Waals surface area contributed by atoms with Crippen molar-refractivity contribution in [3.8, 4) is 0 Å². The van der Waals surface area contributed by atoms with E-state index in [-0.39, 0.29) is 0 Å². The Morgan fingerprint density at radius 3 is 2.47 bits per heavy atom. The normalized spacial score (nSPS) is 26.5. The molecule has 0 aromatic heterocycles. The second-order valence-corrected chi connectivity index (χ2v) is 6.44. The maximum Gasteiger partial charge on any atom is 0.0366 e. The Hall–Kier alpha value is -0.980. The minimum absolute atomic E-state index is 0.671. The summed E-state index contributed by atoms with van der Waals surface area (Å²) in [6.45, 7) is 7.36. The van der Waals surface area contributed by atoms with E-state index in [4.69, 9.17) is 0 Å². The maximum atomic E-state index is 2.54. The molecule has 1 aliphatic carbocycles. The van der Waals surface area contributed by atoms with Gasteiger partial charge in [-0.3, -0.25) is 0 Å². The Morgan fingerprint density at radius 1 is 1.18 bits per heavy atom. The molecule has 1 heteroatoms. The first-order chi connectivity index (χ1) is 8.19. The lowest BCUT2D eigenvalue weighted by Crippen LogP contribution is -2.55. The summed E-state index contributed by atoms with van der Waals surface area (Å²) in [5, 5.41) is 0. The lowest BCUT2D eigenvalue weighted by atomic mass is 9.76. The van der Waals surface area contributed by atoms with E-state index < -0.39 is 0 Å². The molecule has 17 heavy (non-hydrogen) atoms. The van der Waals surface area contributed by atoms with Gasteiger partial charge in [-0.05, 0) is 43.2 Å². The Balaban J connectivity index is 1.62. The molecule has 2 aliphatic rings. The van der Waals surface area contributed by atoms with Gasteiger partial charge in [0.25, 0.3) is 0 Å². The fourth-order valence-electron chi connectivity index (χ4n) is 3.69. The lowest BCUT2D eigenvalue weighted by Gasteiger charge is -2.50. The summed E-state index contributed by atoms with van der Waals surface area (Å²) in [5.41, 5.74) is 2.08. The fourth-order valence-corrected chi connectivity index (χ4v) is 3.69. The molecule has 0 N–H and O–H groups in total. The smallest absolute Gasteiger partial charge is 0.0366 e. The lowest BCUT2D eigenvalue weighted by molar-refractivity contribution is 0.203. The highest BCUT2D eigenvalue weighted by Crippen LogP contribution is 2.51. The van der Waals surface area contributed by atoms with Gasteiger partial charge in [-0.15, -0.1) is 0 Å². The van der Waals surface area contributed by atoms with E-state index in [1.165, 1.54) is 38.0 Å². The molecule has 92 valence electrons. The second-order valence-electron chi connectivity index (χ2n) is 6.44. The number of hydrogen-bond donors (Lipinski definition) is 0. The summed E-state index contributed by atoms with van der Waals surface area (Å²) in [6.07, 6.45) is 4.38. The molecular weight excluding hydrogens is 206 g/mol. The number of rotatable bonds is 2. The highest BCUT2D eigenvalue weighted by atomic mass is 15.2. The van der Waals surface area contributed by atoms with Crippen LogP contribution < -0.4 is 4.90 Å². The van der Waals surface area contributed by atoms with Gasteiger partial charge < -0.3 is 4.90 Å². The van der Waals surface area contributed by atoms with Crippen LogP contribution in [0.4, 0.5) is 5.69 Å². The molecule has 0 bridgehead atoms. The minimum Gasteiger partial charge on any atom is -0.370 e. The van der Waals surface area contributed by atoms with Crippen molar-refractivity contribution in [2.24, 2.45) is 17.3 Å². The molecule has 1 atom stereocenters. The van der Waals surface area contributed by atoms with Gasteiger partial charge in [0, 0.05) is 24.2 Å². The van der Waals surface area contributed by atoms with Crippen molar-refractivity contribution < 1.29 is 0 Å². The molecule has 1 aromatic rings. The van der Waals surface area contributed by atoms with Crippen LogP contribution in [0.5, 0.6) is 0 Å². The van der Waals surface area contributed by atoms with Crippen LogP contribution in [0.15, 0.2) is 30.3 Å².